The average Bonchev–Trinajstić information content (AvgIpc) is 3.40. The van der Waals surface area contributed by atoms with Gasteiger partial charge in [-0.15, -0.1) is 0 Å². The van der Waals surface area contributed by atoms with E-state index in [1.807, 2.05) is 24.3 Å². The second kappa shape index (κ2) is 10.5. The number of fused-ring (bicyclic) bond motifs is 2. The zero-order valence-electron chi connectivity index (χ0n) is 20.3. The highest BCUT2D eigenvalue weighted by atomic mass is 16.5. The molecule has 8 heteroatoms. The molecule has 4 aromatic rings. The van der Waals surface area contributed by atoms with Gasteiger partial charge in [0, 0.05) is 25.9 Å². The Bertz CT molecular complexity index is 1640. The summed E-state index contributed by atoms with van der Waals surface area (Å²) in [5.74, 6) is 0.717. The van der Waals surface area contributed by atoms with Gasteiger partial charge in [0.05, 0.1) is 35.7 Å². The summed E-state index contributed by atoms with van der Waals surface area (Å²) in [5, 5.41) is 12.8. The van der Waals surface area contributed by atoms with Crippen molar-refractivity contribution in [2.45, 2.75) is 38.9 Å². The van der Waals surface area contributed by atoms with Gasteiger partial charge in [-0.3, -0.25) is 18.7 Å². The molecule has 186 valence electrons. The molecule has 1 N–H and O–H groups in total. The van der Waals surface area contributed by atoms with Crippen LogP contribution in [0.4, 0.5) is 0 Å². The predicted octanol–water partition coefficient (Wildman–Crippen LogP) is 3.11. The standard InChI is InChI=1S/C29H26N4O4/c30-17-22-6-1-2-7-23(22)19-33-25-9-4-3-8-24(25)28(35)32(29(33)36)14-5-10-27(34)31-18-20-11-12-21-13-15-37-26(21)16-20/h1-4,6-9,11-12,16H,5,10,13-15,18-19H2,(H,31,34). The number of nitrogens with zero attached hydrogens (tertiary/aromatic N) is 3. The SMILES string of the molecule is N#Cc1ccccc1Cn1c(=O)n(CCCC(=O)NCc2ccc3c(c2)OCC3)c(=O)c2ccccc21. The number of nitrogens with one attached hydrogen (secondary N) is 1. The first kappa shape index (κ1) is 24.1. The maximum atomic E-state index is 13.4. The van der Waals surface area contributed by atoms with Gasteiger partial charge in [-0.05, 0) is 47.4 Å². The first-order valence-electron chi connectivity index (χ1n) is 12.3. The summed E-state index contributed by atoms with van der Waals surface area (Å²) in [5.41, 5.74) is 2.97. The lowest BCUT2D eigenvalue weighted by molar-refractivity contribution is -0.121. The Labute approximate surface area is 213 Å². The van der Waals surface area contributed by atoms with E-state index in [0.717, 1.165) is 17.7 Å². The molecule has 0 aliphatic carbocycles. The summed E-state index contributed by atoms with van der Waals surface area (Å²) in [4.78, 5) is 39.0. The van der Waals surface area contributed by atoms with E-state index in [1.165, 1.54) is 14.7 Å². The maximum Gasteiger partial charge on any atom is 0.331 e. The zero-order valence-corrected chi connectivity index (χ0v) is 20.3. The number of hydrogen-bond acceptors (Lipinski definition) is 5. The molecule has 0 fully saturated rings. The minimum absolute atomic E-state index is 0.114. The van der Waals surface area contributed by atoms with Gasteiger partial charge in [0.1, 0.15) is 5.75 Å². The molecule has 1 aliphatic rings. The molecule has 8 nitrogen and oxygen atoms in total. The fourth-order valence-electron chi connectivity index (χ4n) is 4.67. The van der Waals surface area contributed by atoms with Crippen molar-refractivity contribution in [3.8, 4) is 11.8 Å². The molecule has 37 heavy (non-hydrogen) atoms. The van der Waals surface area contributed by atoms with Gasteiger partial charge in [0.25, 0.3) is 5.56 Å². The monoisotopic (exact) mass is 494 g/mol. The number of ether oxygens (including phenoxy) is 1. The van der Waals surface area contributed by atoms with Crippen LogP contribution in [-0.4, -0.2) is 21.6 Å². The number of nitriles is 1. The molecule has 5 rings (SSSR count). The Hall–Kier alpha value is -4.64. The average molecular weight is 495 g/mol. The first-order chi connectivity index (χ1) is 18.0. The van der Waals surface area contributed by atoms with Gasteiger partial charge < -0.3 is 10.1 Å². The highest BCUT2D eigenvalue weighted by Crippen LogP contribution is 2.26. The number of hydrogen-bond donors (Lipinski definition) is 1. The van der Waals surface area contributed by atoms with Crippen molar-refractivity contribution in [3.63, 3.8) is 0 Å². The van der Waals surface area contributed by atoms with Crippen LogP contribution in [0.5, 0.6) is 5.75 Å². The largest absolute Gasteiger partial charge is 0.493 e. The summed E-state index contributed by atoms with van der Waals surface area (Å²) in [6.45, 7) is 1.35. The lowest BCUT2D eigenvalue weighted by Gasteiger charge is -2.15. The third-order valence-corrected chi connectivity index (χ3v) is 6.63. The minimum atomic E-state index is -0.463. The molecular weight excluding hydrogens is 468 g/mol. The summed E-state index contributed by atoms with van der Waals surface area (Å²) < 4.78 is 8.28. The van der Waals surface area contributed by atoms with E-state index in [-0.39, 0.29) is 31.0 Å². The van der Waals surface area contributed by atoms with E-state index < -0.39 is 5.69 Å². The quantitative estimate of drug-likeness (QED) is 0.405. The summed E-state index contributed by atoms with van der Waals surface area (Å²) >= 11 is 0. The Morgan fingerprint density at radius 3 is 2.70 bits per heavy atom. The Balaban J connectivity index is 1.31. The molecule has 0 unspecified atom stereocenters. The Kier molecular flexibility index (Phi) is 6.86. The van der Waals surface area contributed by atoms with E-state index in [1.54, 1.807) is 42.5 Å². The zero-order chi connectivity index (χ0) is 25.8. The maximum absolute atomic E-state index is 13.4. The molecule has 0 atom stereocenters. The normalized spacial score (nSPS) is 12.1. The smallest absolute Gasteiger partial charge is 0.331 e. The van der Waals surface area contributed by atoms with Crippen molar-refractivity contribution in [1.82, 2.24) is 14.5 Å². The molecule has 0 saturated heterocycles. The van der Waals surface area contributed by atoms with Crippen molar-refractivity contribution in [2.24, 2.45) is 0 Å². The Morgan fingerprint density at radius 1 is 1.03 bits per heavy atom. The first-order valence-corrected chi connectivity index (χ1v) is 12.3. The van der Waals surface area contributed by atoms with E-state index in [2.05, 4.69) is 11.4 Å². The molecular formula is C29H26N4O4. The lowest BCUT2D eigenvalue weighted by atomic mass is 10.1. The fourth-order valence-corrected chi connectivity index (χ4v) is 4.67. The van der Waals surface area contributed by atoms with Crippen LogP contribution in [0.25, 0.3) is 10.9 Å². The van der Waals surface area contributed by atoms with Crippen LogP contribution in [0.2, 0.25) is 0 Å². The molecule has 1 aliphatic heterocycles. The van der Waals surface area contributed by atoms with Gasteiger partial charge >= 0.3 is 5.69 Å². The van der Waals surface area contributed by atoms with Crippen molar-refractivity contribution in [3.05, 3.63) is 110 Å². The second-order valence-electron chi connectivity index (χ2n) is 9.03. The molecule has 0 radical (unpaired) electrons. The van der Waals surface area contributed by atoms with Gasteiger partial charge in [0.15, 0.2) is 0 Å². The predicted molar refractivity (Wildman–Crippen MR) is 139 cm³/mol. The van der Waals surface area contributed by atoms with E-state index in [0.29, 0.717) is 41.6 Å². The van der Waals surface area contributed by atoms with Crippen LogP contribution >= 0.6 is 0 Å². The highest BCUT2D eigenvalue weighted by Gasteiger charge is 2.15. The van der Waals surface area contributed by atoms with Crippen molar-refractivity contribution in [1.29, 1.82) is 5.26 Å². The summed E-state index contributed by atoms with van der Waals surface area (Å²) in [6.07, 6.45) is 1.42. The van der Waals surface area contributed by atoms with Crippen molar-refractivity contribution < 1.29 is 9.53 Å². The van der Waals surface area contributed by atoms with Crippen molar-refractivity contribution in [2.75, 3.05) is 6.61 Å². The van der Waals surface area contributed by atoms with E-state index in [4.69, 9.17) is 4.74 Å². The van der Waals surface area contributed by atoms with E-state index >= 15 is 0 Å². The summed E-state index contributed by atoms with van der Waals surface area (Å²) in [7, 11) is 0. The molecule has 3 aromatic carbocycles. The number of aromatic nitrogens is 2. The third-order valence-electron chi connectivity index (χ3n) is 6.63. The second-order valence-corrected chi connectivity index (χ2v) is 9.03. The van der Waals surface area contributed by atoms with Gasteiger partial charge in [-0.2, -0.15) is 5.26 Å². The van der Waals surface area contributed by atoms with Crippen LogP contribution in [0.3, 0.4) is 0 Å². The molecule has 0 saturated carbocycles. The van der Waals surface area contributed by atoms with Gasteiger partial charge in [-0.1, -0.05) is 42.5 Å². The van der Waals surface area contributed by atoms with Crippen molar-refractivity contribution >= 4 is 16.8 Å². The number of carbonyl (C=O) groups is 1. The number of rotatable bonds is 8. The number of para-hydroxylation sites is 1. The lowest BCUT2D eigenvalue weighted by Crippen LogP contribution is -2.40. The van der Waals surface area contributed by atoms with Gasteiger partial charge in [-0.25, -0.2) is 4.79 Å². The van der Waals surface area contributed by atoms with Crippen LogP contribution in [0.1, 0.15) is 35.1 Å². The van der Waals surface area contributed by atoms with Crippen LogP contribution in [0, 0.1) is 11.3 Å². The highest BCUT2D eigenvalue weighted by molar-refractivity contribution is 5.78. The van der Waals surface area contributed by atoms with Gasteiger partial charge in [0.2, 0.25) is 5.91 Å². The summed E-state index contributed by atoms with van der Waals surface area (Å²) in [6, 6.07) is 22.1. The fraction of sp³-hybridized carbons (Fsp3) is 0.241. The number of amides is 1. The minimum Gasteiger partial charge on any atom is -0.493 e. The number of carbonyl (C=O) groups excluding carboxylic acids is 1. The molecule has 2 heterocycles. The van der Waals surface area contributed by atoms with Crippen LogP contribution in [0.15, 0.2) is 76.3 Å². The van der Waals surface area contributed by atoms with Crippen LogP contribution < -0.4 is 21.3 Å². The Morgan fingerprint density at radius 2 is 1.84 bits per heavy atom. The molecule has 0 spiro atoms. The topological polar surface area (TPSA) is 106 Å². The van der Waals surface area contributed by atoms with E-state index in [9.17, 15) is 19.6 Å². The van der Waals surface area contributed by atoms with Crippen LogP contribution in [-0.2, 0) is 30.8 Å². The molecule has 1 amide bonds. The third kappa shape index (κ3) is 5.02. The molecule has 1 aromatic heterocycles. The molecule has 0 bridgehead atoms. The number of benzene rings is 3.